The van der Waals surface area contributed by atoms with Crippen LogP contribution in [0.1, 0.15) is 41.7 Å². The van der Waals surface area contributed by atoms with E-state index in [1.807, 2.05) is 0 Å². The van der Waals surface area contributed by atoms with Crippen molar-refractivity contribution >= 4 is 153 Å². The van der Waals surface area contributed by atoms with Crippen LogP contribution in [0.5, 0.6) is 0 Å². The van der Waals surface area contributed by atoms with Crippen LogP contribution in [0.3, 0.4) is 0 Å². The third-order valence-corrected chi connectivity index (χ3v) is 28.2. The Hall–Kier alpha value is -17.0. The molecule has 0 N–H and O–H groups in total. The SMILES string of the molecule is Cc1ccc2c(c1)c1ccc3c4ccccc4n(-c4ccccc4)c3c1n2-c1ccccc1.Cc1ccc2c3cc4c5ccccc5n(-c5ccccc5)c4cc3n(-c3cc(-c4ccccc4)cc(-c4ccccc4)c3)c2c1.Cc1ccc2c3ccc4c5ccccc5n(-c5ccccc5)c4c3n(-c3ccccc3)c2c1.Cn1c2ccccc2c2cc3c(cc21)C(C)(C)c1ccccc1-3. The largest absolute Gasteiger partial charge is 0.344 e. The van der Waals surface area contributed by atoms with Gasteiger partial charge in [0.05, 0.1) is 66.2 Å². The molecule has 636 valence electrons. The van der Waals surface area contributed by atoms with Gasteiger partial charge in [-0.2, -0.15) is 0 Å². The molecule has 7 nitrogen and oxygen atoms in total. The van der Waals surface area contributed by atoms with E-state index in [1.165, 1.54) is 242 Å². The summed E-state index contributed by atoms with van der Waals surface area (Å²) in [4.78, 5) is 0. The highest BCUT2D eigenvalue weighted by atomic mass is 15.1. The summed E-state index contributed by atoms with van der Waals surface area (Å²) in [5.74, 6) is 0. The van der Waals surface area contributed by atoms with E-state index in [1.54, 1.807) is 0 Å². The standard InChI is InChI=1S/C43H30N2.2C31H22N2.C22H19N/c1-29-21-22-37-39-27-38-36-19-11-12-20-40(36)44(34-17-9-4-10-18-34)42(38)28-43(39)45(41(37)23-29)35-25-32(30-13-5-2-6-14-30)24-33(26-35)31-15-7-3-8-16-31;1-21-16-19-29-27(20-21)26-18-17-25-24-14-8-9-15-28(24)32(22-10-4-2-5-11-22)30(25)31(26)33(29)23-12-6-3-7-13-23;1-21-16-17-25-27-19-18-26-24-14-8-9-15-28(24)32(22-10-4-2-5-11-22)30(26)31(27)33(29(25)20-21)23-12-6-3-7-13-23;1-22(2)18-10-6-4-8-14(18)16-12-17-15-9-5-7-11-20(15)23(3)21(17)13-19(16)22/h2-28H,1H3;2*2-20H,1H3;4-13H,1-3H3. The lowest BCUT2D eigenvalue weighted by molar-refractivity contribution is 0.661. The lowest BCUT2D eigenvalue weighted by Gasteiger charge is -2.21. The molecule has 7 aromatic heterocycles. The first kappa shape index (κ1) is 79.2. The van der Waals surface area contributed by atoms with Crippen molar-refractivity contribution in [3.05, 3.63) is 483 Å². The molecule has 0 spiro atoms. The topological polar surface area (TPSA) is 34.5 Å². The van der Waals surface area contributed by atoms with E-state index in [0.29, 0.717) is 0 Å². The van der Waals surface area contributed by atoms with Gasteiger partial charge in [0.25, 0.3) is 0 Å². The second kappa shape index (κ2) is 31.7. The Kier molecular flexibility index (Phi) is 18.7. The molecule has 20 aromatic carbocycles. The zero-order chi connectivity index (χ0) is 89.6. The fraction of sp³-hybridized carbons (Fsp3) is 0.0551. The van der Waals surface area contributed by atoms with Crippen LogP contribution in [-0.2, 0) is 12.5 Å². The zero-order valence-corrected chi connectivity index (χ0v) is 75.4. The maximum atomic E-state index is 2.48. The van der Waals surface area contributed by atoms with Crippen molar-refractivity contribution in [1.82, 2.24) is 32.0 Å². The summed E-state index contributed by atoms with van der Waals surface area (Å²) in [6.45, 7) is 11.2. The van der Waals surface area contributed by atoms with Crippen LogP contribution >= 0.6 is 0 Å². The quantitative estimate of drug-likeness (QED) is 0.145. The number of fused-ring (bicyclic) bond motifs is 26. The maximum absolute atomic E-state index is 2.48. The predicted molar refractivity (Wildman–Crippen MR) is 568 cm³/mol. The Balaban J connectivity index is 0.0000000979. The molecule has 0 saturated heterocycles. The molecule has 1 aliphatic rings. The van der Waals surface area contributed by atoms with Crippen molar-refractivity contribution in [3.63, 3.8) is 0 Å². The van der Waals surface area contributed by atoms with Gasteiger partial charge < -0.3 is 32.0 Å². The fourth-order valence-electron chi connectivity index (χ4n) is 22.1. The molecular formula is C127H93N7. The second-order valence-electron chi connectivity index (χ2n) is 36.6. The molecule has 0 fully saturated rings. The van der Waals surface area contributed by atoms with Crippen LogP contribution in [0.4, 0.5) is 0 Å². The summed E-state index contributed by atoms with van der Waals surface area (Å²) >= 11 is 0. The van der Waals surface area contributed by atoms with Gasteiger partial charge in [-0.15, -0.1) is 0 Å². The molecule has 0 radical (unpaired) electrons. The lowest BCUT2D eigenvalue weighted by atomic mass is 9.82. The van der Waals surface area contributed by atoms with E-state index in [-0.39, 0.29) is 5.41 Å². The number of benzene rings is 20. The van der Waals surface area contributed by atoms with Crippen molar-refractivity contribution in [2.24, 2.45) is 7.05 Å². The molecule has 0 aliphatic heterocycles. The van der Waals surface area contributed by atoms with Crippen LogP contribution in [0.25, 0.3) is 220 Å². The van der Waals surface area contributed by atoms with Crippen molar-refractivity contribution < 1.29 is 0 Å². The Morgan fingerprint density at radius 2 is 0.463 bits per heavy atom. The predicted octanol–water partition coefficient (Wildman–Crippen LogP) is 33.5. The van der Waals surface area contributed by atoms with Crippen LogP contribution in [0.2, 0.25) is 0 Å². The Morgan fingerprint density at radius 1 is 0.164 bits per heavy atom. The second-order valence-corrected chi connectivity index (χ2v) is 36.6. The van der Waals surface area contributed by atoms with Crippen LogP contribution in [0.15, 0.2) is 455 Å². The minimum absolute atomic E-state index is 0.0660. The summed E-state index contributed by atoms with van der Waals surface area (Å²) < 4.78 is 16.9. The molecule has 7 heteroatoms. The van der Waals surface area contributed by atoms with Gasteiger partial charge in [0.2, 0.25) is 0 Å². The van der Waals surface area contributed by atoms with E-state index < -0.39 is 0 Å². The molecule has 0 bridgehead atoms. The van der Waals surface area contributed by atoms with Crippen molar-refractivity contribution in [1.29, 1.82) is 0 Å². The smallest absolute Gasteiger partial charge is 0.0788 e. The molecule has 134 heavy (non-hydrogen) atoms. The molecule has 0 saturated carbocycles. The van der Waals surface area contributed by atoms with Crippen molar-refractivity contribution in [3.8, 4) is 67.5 Å². The number of aryl methyl sites for hydroxylation is 4. The Labute approximate surface area is 776 Å². The van der Waals surface area contributed by atoms with Gasteiger partial charge in [-0.25, -0.2) is 0 Å². The van der Waals surface area contributed by atoms with E-state index in [4.69, 9.17) is 0 Å². The van der Waals surface area contributed by atoms with Crippen LogP contribution < -0.4 is 0 Å². The summed E-state index contributed by atoms with van der Waals surface area (Å²) in [7, 11) is 2.17. The van der Waals surface area contributed by atoms with Gasteiger partial charge in [-0.1, -0.05) is 323 Å². The minimum Gasteiger partial charge on any atom is -0.344 e. The fourth-order valence-corrected chi connectivity index (χ4v) is 22.1. The van der Waals surface area contributed by atoms with E-state index in [9.17, 15) is 0 Å². The molecule has 28 rings (SSSR count). The highest BCUT2D eigenvalue weighted by molar-refractivity contribution is 6.26. The van der Waals surface area contributed by atoms with E-state index >= 15 is 0 Å². The maximum Gasteiger partial charge on any atom is 0.0788 e. The van der Waals surface area contributed by atoms with Crippen molar-refractivity contribution in [2.75, 3.05) is 0 Å². The van der Waals surface area contributed by atoms with E-state index in [0.717, 1.165) is 5.69 Å². The number of aromatic nitrogens is 7. The minimum atomic E-state index is 0.0660. The summed E-state index contributed by atoms with van der Waals surface area (Å²) in [6, 6.07) is 165. The van der Waals surface area contributed by atoms with Crippen LogP contribution in [0, 0.1) is 20.8 Å². The first-order valence-electron chi connectivity index (χ1n) is 46.5. The number of rotatable bonds is 8. The first-order valence-corrected chi connectivity index (χ1v) is 46.5. The zero-order valence-electron chi connectivity index (χ0n) is 75.4. The molecule has 1 aliphatic carbocycles. The molecule has 0 unspecified atom stereocenters. The molecule has 7 heterocycles. The summed E-state index contributed by atoms with van der Waals surface area (Å²) in [6.07, 6.45) is 0. The third kappa shape index (κ3) is 12.7. The number of para-hydroxylation sites is 9. The highest BCUT2D eigenvalue weighted by Gasteiger charge is 2.36. The number of hydrogen-bond donors (Lipinski definition) is 0. The third-order valence-electron chi connectivity index (χ3n) is 28.2. The average Bonchev–Trinajstić information content (AvgIpc) is 1.55. The van der Waals surface area contributed by atoms with Gasteiger partial charge in [-0.05, 0) is 228 Å². The Morgan fingerprint density at radius 3 is 0.933 bits per heavy atom. The van der Waals surface area contributed by atoms with Gasteiger partial charge in [0, 0.05) is 133 Å². The van der Waals surface area contributed by atoms with Crippen molar-refractivity contribution in [2.45, 2.75) is 40.0 Å². The number of nitrogens with zero attached hydrogens (tertiary/aromatic N) is 7. The van der Waals surface area contributed by atoms with Gasteiger partial charge in [0.15, 0.2) is 0 Å². The molecule has 0 atom stereocenters. The van der Waals surface area contributed by atoms with Gasteiger partial charge in [0.1, 0.15) is 0 Å². The van der Waals surface area contributed by atoms with Gasteiger partial charge >= 0.3 is 0 Å². The average molecular weight is 1720 g/mol. The van der Waals surface area contributed by atoms with Crippen LogP contribution in [-0.4, -0.2) is 32.0 Å². The molecule has 0 amide bonds. The van der Waals surface area contributed by atoms with Gasteiger partial charge in [-0.3, -0.25) is 0 Å². The number of hydrogen-bond acceptors (Lipinski definition) is 0. The Bertz CT molecular complexity index is 9170. The monoisotopic (exact) mass is 1720 g/mol. The van der Waals surface area contributed by atoms with E-state index in [2.05, 4.69) is 529 Å². The normalized spacial score (nSPS) is 12.3. The molecular weight excluding hydrogens is 1620 g/mol. The molecule has 27 aromatic rings. The highest BCUT2D eigenvalue weighted by Crippen LogP contribution is 2.52. The summed E-state index contributed by atoms with van der Waals surface area (Å²) in [5, 5.41) is 18.0. The lowest BCUT2D eigenvalue weighted by Crippen LogP contribution is -2.14. The first-order chi connectivity index (χ1) is 65.9. The summed E-state index contributed by atoms with van der Waals surface area (Å²) in [5.41, 5.74) is 38.8.